The number of unbranched alkanes of at least 4 members (excludes halogenated alkanes) is 1. The van der Waals surface area contributed by atoms with Crippen LogP contribution in [-0.2, 0) is 0 Å². The van der Waals surface area contributed by atoms with Crippen LogP contribution in [0, 0.1) is 0 Å². The number of thiol groups is 1. The average molecular weight is 161 g/mol. The van der Waals surface area contributed by atoms with Gasteiger partial charge in [-0.15, -0.1) is 0 Å². The Bertz CT molecular complexity index is 38.7. The molecule has 0 radical (unpaired) electrons. The molecule has 3 heteroatoms. The van der Waals surface area contributed by atoms with Crippen molar-refractivity contribution in [2.24, 2.45) is 0 Å². The fourth-order valence-electron chi connectivity index (χ4n) is 0.278. The minimum atomic E-state index is -0.662. The van der Waals surface area contributed by atoms with Gasteiger partial charge in [0.2, 0.25) is 0 Å². The third kappa shape index (κ3) is 6.93. The zero-order valence-corrected chi connectivity index (χ0v) is 6.73. The van der Waals surface area contributed by atoms with Crippen molar-refractivity contribution < 1.29 is 0 Å². The van der Waals surface area contributed by atoms with Gasteiger partial charge in [-0.2, -0.15) is 0 Å². The highest BCUT2D eigenvalue weighted by molar-refractivity contribution is 8.52. The van der Waals surface area contributed by atoms with E-state index in [9.17, 15) is 0 Å². The lowest BCUT2D eigenvalue weighted by Crippen LogP contribution is -1.73. The lowest BCUT2D eigenvalue weighted by Gasteiger charge is -1.98. The van der Waals surface area contributed by atoms with Crippen LogP contribution >= 0.6 is 30.7 Å². The molecule has 0 spiro atoms. The molecular formula is C4H10Cl2S. The quantitative estimate of drug-likeness (QED) is 0.604. The van der Waals surface area contributed by atoms with Crippen LogP contribution in [0.5, 0.6) is 0 Å². The molecule has 0 nitrogen and oxygen atoms in total. The Morgan fingerprint density at radius 2 is 2.00 bits per heavy atom. The predicted octanol–water partition coefficient (Wildman–Crippen LogP) is 3.10. The molecule has 0 saturated heterocycles. The molecule has 0 aliphatic heterocycles. The van der Waals surface area contributed by atoms with Crippen molar-refractivity contribution in [2.75, 3.05) is 5.75 Å². The van der Waals surface area contributed by atoms with Gasteiger partial charge < -0.3 is 0 Å². The van der Waals surface area contributed by atoms with Crippen LogP contribution < -0.4 is 0 Å². The van der Waals surface area contributed by atoms with Crippen LogP contribution in [0.2, 0.25) is 0 Å². The van der Waals surface area contributed by atoms with E-state index in [0.717, 1.165) is 5.75 Å². The van der Waals surface area contributed by atoms with Crippen molar-refractivity contribution in [1.82, 2.24) is 0 Å². The highest BCUT2D eigenvalue weighted by Crippen LogP contribution is 2.36. The van der Waals surface area contributed by atoms with Crippen LogP contribution in [0.3, 0.4) is 0 Å². The summed E-state index contributed by atoms with van der Waals surface area (Å²) in [6.07, 6.45) is 2.36. The first-order chi connectivity index (χ1) is 3.27. The van der Waals surface area contributed by atoms with Gasteiger partial charge in [0.25, 0.3) is 0 Å². The molecule has 0 bridgehead atoms. The van der Waals surface area contributed by atoms with Crippen LogP contribution in [-0.4, -0.2) is 5.75 Å². The Hall–Kier alpha value is 0.930. The Morgan fingerprint density at radius 1 is 1.43 bits per heavy atom. The van der Waals surface area contributed by atoms with Gasteiger partial charge in [0.05, 0.1) is 0 Å². The van der Waals surface area contributed by atoms with Crippen molar-refractivity contribution >= 4 is 30.7 Å². The van der Waals surface area contributed by atoms with Crippen LogP contribution in [0.4, 0.5) is 0 Å². The summed E-state index contributed by atoms with van der Waals surface area (Å²) >= 11 is 0. The Balaban J connectivity index is 2.68. The molecule has 0 aromatic heterocycles. The molecule has 0 aromatic carbocycles. The van der Waals surface area contributed by atoms with E-state index in [0.29, 0.717) is 0 Å². The summed E-state index contributed by atoms with van der Waals surface area (Å²) in [7, 11) is 10.3. The first-order valence-electron chi connectivity index (χ1n) is 2.36. The molecule has 0 heterocycles. The maximum absolute atomic E-state index is 5.49. The van der Waals surface area contributed by atoms with E-state index in [1.54, 1.807) is 0 Å². The Morgan fingerprint density at radius 3 is 2.14 bits per heavy atom. The molecule has 0 aromatic rings. The molecule has 0 aliphatic rings. The van der Waals surface area contributed by atoms with E-state index in [1.165, 1.54) is 12.8 Å². The molecule has 0 atom stereocenters. The first kappa shape index (κ1) is 7.93. The number of rotatable bonds is 3. The van der Waals surface area contributed by atoms with Gasteiger partial charge >= 0.3 is 0 Å². The molecule has 0 saturated carbocycles. The summed E-state index contributed by atoms with van der Waals surface area (Å²) in [6.45, 7) is 2.13. The van der Waals surface area contributed by atoms with Crippen LogP contribution in [0.15, 0.2) is 0 Å². The summed E-state index contributed by atoms with van der Waals surface area (Å²) in [4.78, 5) is 0. The predicted molar refractivity (Wildman–Crippen MR) is 40.5 cm³/mol. The van der Waals surface area contributed by atoms with Gasteiger partial charge in [0, 0.05) is 5.75 Å². The van der Waals surface area contributed by atoms with Crippen LogP contribution in [0.1, 0.15) is 19.8 Å². The largest absolute Gasteiger partial charge is 0.0960 e. The van der Waals surface area contributed by atoms with E-state index in [1.807, 2.05) is 0 Å². The van der Waals surface area contributed by atoms with Crippen molar-refractivity contribution in [3.8, 4) is 0 Å². The Kier molecular flexibility index (Phi) is 5.75. The normalized spacial score (nSPS) is 11.6. The van der Waals surface area contributed by atoms with E-state index < -0.39 is 9.32 Å². The van der Waals surface area contributed by atoms with Gasteiger partial charge in [-0.1, -0.05) is 44.0 Å². The number of halogens is 2. The molecule has 0 aliphatic carbocycles. The lowest BCUT2D eigenvalue weighted by molar-refractivity contribution is 0.898. The van der Waals surface area contributed by atoms with Gasteiger partial charge in [0.1, 0.15) is 0 Å². The van der Waals surface area contributed by atoms with Crippen molar-refractivity contribution in [3.63, 3.8) is 0 Å². The average Bonchev–Trinajstić information content (AvgIpc) is 1.61. The Labute approximate surface area is 56.5 Å². The first-order valence-corrected chi connectivity index (χ1v) is 5.70. The second-order valence-electron chi connectivity index (χ2n) is 1.38. The molecule has 0 amide bonds. The summed E-state index contributed by atoms with van der Waals surface area (Å²) in [5, 5.41) is 0. The molecule has 0 unspecified atom stereocenters. The summed E-state index contributed by atoms with van der Waals surface area (Å²) < 4.78 is 0. The minimum absolute atomic E-state index is 0.662. The molecule has 46 valence electrons. The second kappa shape index (κ2) is 5.07. The third-order valence-electron chi connectivity index (χ3n) is 0.681. The zero-order chi connectivity index (χ0) is 5.70. The van der Waals surface area contributed by atoms with E-state index in [2.05, 4.69) is 6.92 Å². The highest BCUT2D eigenvalue weighted by atomic mass is 36.0. The van der Waals surface area contributed by atoms with Gasteiger partial charge in [-0.3, -0.25) is 0 Å². The zero-order valence-electron chi connectivity index (χ0n) is 4.32. The molecular weight excluding hydrogens is 151 g/mol. The van der Waals surface area contributed by atoms with Gasteiger partial charge in [0.15, 0.2) is 0 Å². The van der Waals surface area contributed by atoms with Gasteiger partial charge in [-0.05, 0) is 6.42 Å². The minimum Gasteiger partial charge on any atom is -0.0960 e. The van der Waals surface area contributed by atoms with Crippen molar-refractivity contribution in [2.45, 2.75) is 19.8 Å². The fraction of sp³-hybridized carbons (Fsp3) is 1.00. The maximum atomic E-state index is 5.49. The monoisotopic (exact) mass is 160 g/mol. The standard InChI is InChI=1S/C4H10Cl2S/c1-2-3-4-7(5)6/h7H,2-4H2,1H3. The fourth-order valence-corrected chi connectivity index (χ4v) is 1.55. The maximum Gasteiger partial charge on any atom is 0.000384 e. The van der Waals surface area contributed by atoms with Crippen LogP contribution in [0.25, 0.3) is 0 Å². The lowest BCUT2D eigenvalue weighted by atomic mass is 10.4. The summed E-state index contributed by atoms with van der Waals surface area (Å²) in [5.41, 5.74) is 0. The van der Waals surface area contributed by atoms with Crippen molar-refractivity contribution in [1.29, 1.82) is 0 Å². The molecule has 0 N–H and O–H groups in total. The van der Waals surface area contributed by atoms with E-state index in [4.69, 9.17) is 21.4 Å². The van der Waals surface area contributed by atoms with Gasteiger partial charge in [-0.25, -0.2) is 0 Å². The third-order valence-corrected chi connectivity index (χ3v) is 2.35. The molecule has 7 heavy (non-hydrogen) atoms. The molecule has 0 rings (SSSR count). The summed E-state index contributed by atoms with van der Waals surface area (Å²) in [5.74, 6) is 0.995. The van der Waals surface area contributed by atoms with Crippen molar-refractivity contribution in [3.05, 3.63) is 0 Å². The van der Waals surface area contributed by atoms with E-state index in [-0.39, 0.29) is 0 Å². The smallest absolute Gasteiger partial charge is 0.000384 e. The molecule has 0 fully saturated rings. The topological polar surface area (TPSA) is 0 Å². The highest BCUT2D eigenvalue weighted by Gasteiger charge is 1.88. The number of hydrogen-bond donors (Lipinski definition) is 1. The second-order valence-corrected chi connectivity index (χ2v) is 5.40. The number of hydrogen-bond acceptors (Lipinski definition) is 0. The summed E-state index contributed by atoms with van der Waals surface area (Å²) in [6, 6.07) is 0. The SMILES string of the molecule is CCCC[SH](Cl)Cl. The van der Waals surface area contributed by atoms with E-state index >= 15 is 0 Å².